The van der Waals surface area contributed by atoms with Gasteiger partial charge in [-0.3, -0.25) is 4.90 Å². The molecular formula is C19H20Cl2FN3O3. The highest BCUT2D eigenvalue weighted by molar-refractivity contribution is 6.30. The van der Waals surface area contributed by atoms with Crippen molar-refractivity contribution in [1.29, 1.82) is 0 Å². The second-order valence-corrected chi connectivity index (χ2v) is 6.63. The zero-order chi connectivity index (χ0) is 19.4. The van der Waals surface area contributed by atoms with Crippen LogP contribution in [0.1, 0.15) is 15.9 Å². The normalized spacial score (nSPS) is 13.6. The highest BCUT2D eigenvalue weighted by Crippen LogP contribution is 2.24. The van der Waals surface area contributed by atoms with Crippen molar-refractivity contribution in [3.05, 3.63) is 64.4 Å². The van der Waals surface area contributed by atoms with Gasteiger partial charge in [0.25, 0.3) is 0 Å². The number of carboxylic acids is 1. The molecule has 6 nitrogen and oxygen atoms in total. The summed E-state index contributed by atoms with van der Waals surface area (Å²) in [6.45, 7) is 2.45. The minimum atomic E-state index is -1.20. The van der Waals surface area contributed by atoms with Crippen LogP contribution in [0.5, 0.6) is 0 Å². The van der Waals surface area contributed by atoms with E-state index in [-0.39, 0.29) is 36.1 Å². The monoisotopic (exact) mass is 427 g/mol. The average molecular weight is 428 g/mol. The van der Waals surface area contributed by atoms with Gasteiger partial charge in [-0.2, -0.15) is 0 Å². The lowest BCUT2D eigenvalue weighted by Gasteiger charge is -2.33. The zero-order valence-corrected chi connectivity index (χ0v) is 16.5. The van der Waals surface area contributed by atoms with E-state index >= 15 is 0 Å². The highest BCUT2D eigenvalue weighted by Gasteiger charge is 2.25. The van der Waals surface area contributed by atoms with Gasteiger partial charge in [-0.1, -0.05) is 23.7 Å². The van der Waals surface area contributed by atoms with E-state index in [9.17, 15) is 14.0 Å². The lowest BCUT2D eigenvalue weighted by atomic mass is 10.1. The molecule has 1 aliphatic rings. The molecule has 9 heteroatoms. The molecule has 2 aromatic rings. The van der Waals surface area contributed by atoms with Gasteiger partial charge in [0, 0.05) is 42.5 Å². The third-order valence-corrected chi connectivity index (χ3v) is 4.60. The van der Waals surface area contributed by atoms with Crippen molar-refractivity contribution in [1.82, 2.24) is 10.2 Å². The van der Waals surface area contributed by atoms with Crippen molar-refractivity contribution in [3.8, 4) is 0 Å². The van der Waals surface area contributed by atoms with Gasteiger partial charge in [0.05, 0.1) is 12.1 Å². The molecule has 0 aliphatic carbocycles. The first-order chi connectivity index (χ1) is 13.0. The molecule has 0 radical (unpaired) electrons. The van der Waals surface area contributed by atoms with Crippen LogP contribution in [-0.2, 0) is 6.54 Å². The summed E-state index contributed by atoms with van der Waals surface area (Å²) in [7, 11) is 0. The number of hydrogen-bond acceptors (Lipinski definition) is 3. The first-order valence-electron chi connectivity index (χ1n) is 8.50. The van der Waals surface area contributed by atoms with E-state index in [0.29, 0.717) is 36.9 Å². The maximum atomic E-state index is 14.4. The molecule has 2 aromatic carbocycles. The number of amides is 2. The second-order valence-electron chi connectivity index (χ2n) is 6.20. The smallest absolute Gasteiger partial charge is 0.335 e. The van der Waals surface area contributed by atoms with Crippen molar-refractivity contribution >= 4 is 41.7 Å². The van der Waals surface area contributed by atoms with Crippen molar-refractivity contribution in [3.63, 3.8) is 0 Å². The summed E-state index contributed by atoms with van der Waals surface area (Å²) in [5.74, 6) is -1.88. The van der Waals surface area contributed by atoms with Crippen molar-refractivity contribution in [2.24, 2.45) is 0 Å². The number of aromatic carboxylic acids is 1. The zero-order valence-electron chi connectivity index (χ0n) is 14.9. The second kappa shape index (κ2) is 9.73. The van der Waals surface area contributed by atoms with Crippen LogP contribution in [0.2, 0.25) is 5.02 Å². The van der Waals surface area contributed by atoms with Gasteiger partial charge < -0.3 is 15.3 Å². The molecule has 28 heavy (non-hydrogen) atoms. The van der Waals surface area contributed by atoms with E-state index in [4.69, 9.17) is 16.7 Å². The summed E-state index contributed by atoms with van der Waals surface area (Å²) < 4.78 is 14.4. The van der Waals surface area contributed by atoms with Crippen LogP contribution in [0.15, 0.2) is 42.5 Å². The number of urea groups is 1. The van der Waals surface area contributed by atoms with E-state index in [1.165, 1.54) is 17.0 Å². The molecule has 1 fully saturated rings. The molecule has 1 saturated heterocycles. The van der Waals surface area contributed by atoms with E-state index in [0.717, 1.165) is 6.07 Å². The predicted octanol–water partition coefficient (Wildman–Crippen LogP) is 3.63. The van der Waals surface area contributed by atoms with Gasteiger partial charge in [0.1, 0.15) is 5.82 Å². The van der Waals surface area contributed by atoms with Crippen LogP contribution >= 0.6 is 24.0 Å². The summed E-state index contributed by atoms with van der Waals surface area (Å²) in [6, 6.07) is 10.2. The molecule has 2 amide bonds. The Morgan fingerprint density at radius 1 is 1.18 bits per heavy atom. The molecule has 0 bridgehead atoms. The topological polar surface area (TPSA) is 72.9 Å². The number of halogens is 3. The number of carboxylic acid groups (broad SMARTS) is 1. The number of nitrogens with zero attached hydrogens (tertiary/aromatic N) is 2. The molecule has 2 N–H and O–H groups in total. The van der Waals surface area contributed by atoms with E-state index in [2.05, 4.69) is 5.32 Å². The van der Waals surface area contributed by atoms with Crippen LogP contribution in [0, 0.1) is 5.82 Å². The van der Waals surface area contributed by atoms with Gasteiger partial charge >= 0.3 is 12.0 Å². The minimum absolute atomic E-state index is 0. The summed E-state index contributed by atoms with van der Waals surface area (Å²) in [4.78, 5) is 27.2. The molecular weight excluding hydrogens is 408 g/mol. The Morgan fingerprint density at radius 2 is 1.89 bits per heavy atom. The van der Waals surface area contributed by atoms with E-state index < -0.39 is 11.8 Å². The van der Waals surface area contributed by atoms with Crippen LogP contribution in [0.4, 0.5) is 14.9 Å². The van der Waals surface area contributed by atoms with Crippen molar-refractivity contribution < 1.29 is 19.1 Å². The fourth-order valence-corrected chi connectivity index (χ4v) is 3.10. The van der Waals surface area contributed by atoms with Crippen LogP contribution < -0.4 is 10.2 Å². The van der Waals surface area contributed by atoms with E-state index in [1.807, 2.05) is 0 Å². The molecule has 0 saturated carbocycles. The third kappa shape index (κ3) is 5.13. The van der Waals surface area contributed by atoms with Gasteiger partial charge in [-0.15, -0.1) is 12.4 Å². The summed E-state index contributed by atoms with van der Waals surface area (Å²) in [5.41, 5.74) is 0.634. The van der Waals surface area contributed by atoms with Gasteiger partial charge in [-0.25, -0.2) is 14.0 Å². The molecule has 0 unspecified atom stereocenters. The quantitative estimate of drug-likeness (QED) is 0.780. The summed E-state index contributed by atoms with van der Waals surface area (Å²) >= 11 is 6.07. The summed E-state index contributed by atoms with van der Waals surface area (Å²) in [5, 5.41) is 12.6. The van der Waals surface area contributed by atoms with Crippen LogP contribution in [-0.4, -0.2) is 48.2 Å². The lowest BCUT2D eigenvalue weighted by molar-refractivity contribution is 0.0696. The number of carbonyl (C=O) groups is 2. The molecule has 0 spiro atoms. The maximum absolute atomic E-state index is 14.4. The fraction of sp³-hybridized carbons (Fsp3) is 0.263. The number of nitrogens with one attached hydrogen (secondary N) is 1. The molecule has 0 aromatic heterocycles. The third-order valence-electron chi connectivity index (χ3n) is 4.37. The minimum Gasteiger partial charge on any atom is -0.478 e. The Labute approximate surface area is 173 Å². The van der Waals surface area contributed by atoms with Crippen molar-refractivity contribution in [2.75, 3.05) is 31.1 Å². The largest absolute Gasteiger partial charge is 0.478 e. The summed E-state index contributed by atoms with van der Waals surface area (Å²) in [6.07, 6.45) is 0. The molecule has 150 valence electrons. The highest BCUT2D eigenvalue weighted by atomic mass is 35.5. The van der Waals surface area contributed by atoms with Crippen molar-refractivity contribution in [2.45, 2.75) is 6.54 Å². The van der Waals surface area contributed by atoms with Crippen LogP contribution in [0.3, 0.4) is 0 Å². The Bertz CT molecular complexity index is 860. The Morgan fingerprint density at radius 3 is 2.50 bits per heavy atom. The molecule has 0 atom stereocenters. The first-order valence-corrected chi connectivity index (χ1v) is 8.88. The number of anilines is 1. The number of hydrogen-bond donors (Lipinski definition) is 2. The molecule has 3 rings (SSSR count). The SMILES string of the molecule is Cl.O=C(O)c1ccc(CN(C(=O)N2CCNCC2)c2cccc(Cl)c2)c(F)c1. The Balaban J connectivity index is 0.00000280. The standard InChI is InChI=1S/C19H19ClFN3O3.ClH/c20-15-2-1-3-16(11-15)24(19(27)23-8-6-22-7-9-23)12-14-5-4-13(18(25)26)10-17(14)21;/h1-5,10-11,22H,6-9,12H2,(H,25,26);1H. The number of carbonyl (C=O) groups excluding carboxylic acids is 1. The molecule has 1 heterocycles. The molecule has 1 aliphatic heterocycles. The first kappa shape index (κ1) is 21.9. The fourth-order valence-electron chi connectivity index (χ4n) is 2.92. The lowest BCUT2D eigenvalue weighted by Crippen LogP contribution is -2.51. The van der Waals surface area contributed by atoms with E-state index in [1.54, 1.807) is 29.2 Å². The average Bonchev–Trinajstić information content (AvgIpc) is 2.67. The maximum Gasteiger partial charge on any atom is 0.335 e. The number of piperazine rings is 1. The number of benzene rings is 2. The van der Waals surface area contributed by atoms with Gasteiger partial charge in [0.2, 0.25) is 0 Å². The van der Waals surface area contributed by atoms with Crippen LogP contribution in [0.25, 0.3) is 0 Å². The van der Waals surface area contributed by atoms with Gasteiger partial charge in [0.15, 0.2) is 0 Å². The van der Waals surface area contributed by atoms with Gasteiger partial charge in [-0.05, 0) is 30.3 Å². The predicted molar refractivity (Wildman–Crippen MR) is 108 cm³/mol. The number of rotatable bonds is 4. The Kier molecular flexibility index (Phi) is 7.62. The Hall–Kier alpha value is -2.35.